The number of aryl methyl sites for hydroxylation is 1. The van der Waals surface area contributed by atoms with E-state index in [4.69, 9.17) is 0 Å². The van der Waals surface area contributed by atoms with Gasteiger partial charge < -0.3 is 5.32 Å². The molecule has 138 valence electrons. The maximum absolute atomic E-state index is 12.9. The number of benzene rings is 2. The zero-order valence-corrected chi connectivity index (χ0v) is 15.4. The van der Waals surface area contributed by atoms with Gasteiger partial charge in [0.25, 0.3) is 5.91 Å². The summed E-state index contributed by atoms with van der Waals surface area (Å²) in [5.74, 6) is -0.277. The second-order valence-corrected chi connectivity index (χ2v) is 6.44. The summed E-state index contributed by atoms with van der Waals surface area (Å²) < 4.78 is 1.67. The van der Waals surface area contributed by atoms with Crippen molar-refractivity contribution in [3.05, 3.63) is 95.9 Å². The highest BCUT2D eigenvalue weighted by molar-refractivity contribution is 5.98. The van der Waals surface area contributed by atoms with Crippen LogP contribution in [0.5, 0.6) is 0 Å². The summed E-state index contributed by atoms with van der Waals surface area (Å²) in [5, 5.41) is 11.3. The number of rotatable bonds is 5. The van der Waals surface area contributed by atoms with E-state index in [9.17, 15) is 4.79 Å². The highest BCUT2D eigenvalue weighted by Gasteiger charge is 2.22. The Labute approximate surface area is 162 Å². The molecule has 28 heavy (non-hydrogen) atoms. The molecule has 4 aromatic rings. The van der Waals surface area contributed by atoms with Gasteiger partial charge in [-0.25, -0.2) is 4.68 Å². The molecule has 6 heteroatoms. The summed E-state index contributed by atoms with van der Waals surface area (Å²) in [5.41, 5.74) is 4.65. The van der Waals surface area contributed by atoms with Crippen LogP contribution in [-0.4, -0.2) is 25.9 Å². The van der Waals surface area contributed by atoms with Crippen molar-refractivity contribution >= 4 is 5.91 Å². The molecule has 0 aliphatic rings. The quantitative estimate of drug-likeness (QED) is 0.584. The highest BCUT2D eigenvalue weighted by atomic mass is 16.2. The zero-order valence-electron chi connectivity index (χ0n) is 15.4. The number of nitrogens with one attached hydrogen (secondary N) is 1. The topological polar surface area (TPSA) is 72.7 Å². The second kappa shape index (κ2) is 7.84. The van der Waals surface area contributed by atoms with Gasteiger partial charge in [0.05, 0.1) is 5.69 Å². The number of hydrogen-bond acceptors (Lipinski definition) is 4. The smallest absolute Gasteiger partial charge is 0.274 e. The van der Waals surface area contributed by atoms with Crippen LogP contribution in [0.2, 0.25) is 0 Å². The summed E-state index contributed by atoms with van der Waals surface area (Å²) in [4.78, 5) is 17.0. The maximum Gasteiger partial charge on any atom is 0.274 e. The van der Waals surface area contributed by atoms with E-state index in [1.165, 1.54) is 0 Å². The lowest BCUT2D eigenvalue weighted by atomic mass is 10.1. The molecule has 0 atom stereocenters. The van der Waals surface area contributed by atoms with Gasteiger partial charge in [-0.05, 0) is 36.8 Å². The SMILES string of the molecule is Cc1ccc(-n2nnc(C(=O)NCc3ccccc3)c2-c2cccnc2)cc1. The molecule has 6 nitrogen and oxygen atoms in total. The summed E-state index contributed by atoms with van der Waals surface area (Å²) in [6.45, 7) is 2.44. The summed E-state index contributed by atoms with van der Waals surface area (Å²) in [7, 11) is 0. The molecule has 2 aromatic carbocycles. The lowest BCUT2D eigenvalue weighted by Crippen LogP contribution is -2.24. The van der Waals surface area contributed by atoms with Crippen molar-refractivity contribution in [2.75, 3.05) is 0 Å². The normalized spacial score (nSPS) is 10.6. The largest absolute Gasteiger partial charge is 0.346 e. The third kappa shape index (κ3) is 3.66. The molecule has 0 radical (unpaired) electrons. The van der Waals surface area contributed by atoms with Gasteiger partial charge in [0.2, 0.25) is 0 Å². The Morgan fingerprint density at radius 2 is 1.79 bits per heavy atom. The second-order valence-electron chi connectivity index (χ2n) is 6.44. The Balaban J connectivity index is 1.71. The molecule has 4 rings (SSSR count). The van der Waals surface area contributed by atoms with E-state index < -0.39 is 0 Å². The van der Waals surface area contributed by atoms with Crippen molar-refractivity contribution < 1.29 is 4.79 Å². The van der Waals surface area contributed by atoms with Crippen LogP contribution in [-0.2, 0) is 6.54 Å². The van der Waals surface area contributed by atoms with Gasteiger partial charge in [0.15, 0.2) is 5.69 Å². The van der Waals surface area contributed by atoms with Crippen LogP contribution < -0.4 is 5.32 Å². The first kappa shape index (κ1) is 17.6. The van der Waals surface area contributed by atoms with Gasteiger partial charge >= 0.3 is 0 Å². The van der Waals surface area contributed by atoms with E-state index in [0.717, 1.165) is 22.4 Å². The number of hydrogen-bond donors (Lipinski definition) is 1. The highest BCUT2D eigenvalue weighted by Crippen LogP contribution is 2.25. The summed E-state index contributed by atoms with van der Waals surface area (Å²) in [6.07, 6.45) is 3.40. The Morgan fingerprint density at radius 1 is 1.00 bits per heavy atom. The van der Waals surface area contributed by atoms with Crippen molar-refractivity contribution in [3.63, 3.8) is 0 Å². The molecule has 0 spiro atoms. The van der Waals surface area contributed by atoms with Crippen LogP contribution in [0.15, 0.2) is 79.1 Å². The molecule has 1 N–H and O–H groups in total. The van der Waals surface area contributed by atoms with Crippen LogP contribution in [0.25, 0.3) is 16.9 Å². The molecule has 2 aromatic heterocycles. The number of pyridine rings is 1. The third-order valence-electron chi connectivity index (χ3n) is 4.39. The lowest BCUT2D eigenvalue weighted by Gasteiger charge is -2.09. The van der Waals surface area contributed by atoms with Crippen molar-refractivity contribution in [3.8, 4) is 16.9 Å². The molecule has 0 bridgehead atoms. The Bertz CT molecular complexity index is 1070. The first-order chi connectivity index (χ1) is 13.7. The number of nitrogens with zero attached hydrogens (tertiary/aromatic N) is 4. The predicted molar refractivity (Wildman–Crippen MR) is 107 cm³/mol. The molecule has 0 saturated heterocycles. The van der Waals surface area contributed by atoms with E-state index in [0.29, 0.717) is 12.2 Å². The third-order valence-corrected chi connectivity index (χ3v) is 4.39. The van der Waals surface area contributed by atoms with Crippen LogP contribution in [0.3, 0.4) is 0 Å². The minimum Gasteiger partial charge on any atom is -0.346 e. The fourth-order valence-electron chi connectivity index (χ4n) is 2.93. The summed E-state index contributed by atoms with van der Waals surface area (Å²) >= 11 is 0. The van der Waals surface area contributed by atoms with Gasteiger partial charge in [-0.15, -0.1) is 5.10 Å². The Morgan fingerprint density at radius 3 is 2.50 bits per heavy atom. The van der Waals surface area contributed by atoms with Crippen molar-refractivity contribution in [1.82, 2.24) is 25.3 Å². The van der Waals surface area contributed by atoms with E-state index >= 15 is 0 Å². The number of carbonyl (C=O) groups excluding carboxylic acids is 1. The van der Waals surface area contributed by atoms with Crippen LogP contribution >= 0.6 is 0 Å². The molecule has 0 aliphatic carbocycles. The molecule has 2 heterocycles. The van der Waals surface area contributed by atoms with Crippen LogP contribution in [0, 0.1) is 6.92 Å². The van der Waals surface area contributed by atoms with E-state index in [1.54, 1.807) is 17.1 Å². The zero-order chi connectivity index (χ0) is 19.3. The predicted octanol–water partition coefficient (Wildman–Crippen LogP) is 3.57. The molecule has 0 saturated carbocycles. The minimum atomic E-state index is -0.277. The first-order valence-electron chi connectivity index (χ1n) is 8.97. The fraction of sp³-hybridized carbons (Fsp3) is 0.0909. The monoisotopic (exact) mass is 369 g/mol. The molecular formula is C22H19N5O. The molecule has 0 aliphatic heterocycles. The Hall–Kier alpha value is -3.80. The molecular weight excluding hydrogens is 350 g/mol. The van der Waals surface area contributed by atoms with E-state index in [2.05, 4.69) is 20.6 Å². The van der Waals surface area contributed by atoms with Gasteiger partial charge in [-0.1, -0.05) is 53.2 Å². The number of aromatic nitrogens is 4. The van der Waals surface area contributed by atoms with Gasteiger partial charge in [-0.3, -0.25) is 9.78 Å². The molecule has 0 unspecified atom stereocenters. The van der Waals surface area contributed by atoms with Crippen molar-refractivity contribution in [2.24, 2.45) is 0 Å². The number of amides is 1. The van der Waals surface area contributed by atoms with E-state index in [-0.39, 0.29) is 11.6 Å². The summed E-state index contributed by atoms with van der Waals surface area (Å²) in [6, 6.07) is 21.4. The van der Waals surface area contributed by atoms with Crippen molar-refractivity contribution in [1.29, 1.82) is 0 Å². The van der Waals surface area contributed by atoms with Crippen LogP contribution in [0.1, 0.15) is 21.6 Å². The van der Waals surface area contributed by atoms with E-state index in [1.807, 2.05) is 73.7 Å². The number of carbonyl (C=O) groups is 1. The van der Waals surface area contributed by atoms with Crippen LogP contribution in [0.4, 0.5) is 0 Å². The Kier molecular flexibility index (Phi) is 4.93. The first-order valence-corrected chi connectivity index (χ1v) is 8.97. The van der Waals surface area contributed by atoms with Crippen molar-refractivity contribution in [2.45, 2.75) is 13.5 Å². The van der Waals surface area contributed by atoms with Gasteiger partial charge in [0, 0.05) is 24.5 Å². The maximum atomic E-state index is 12.9. The molecule has 0 fully saturated rings. The fourth-order valence-corrected chi connectivity index (χ4v) is 2.93. The standard InChI is InChI=1S/C22H19N5O/c1-16-9-11-19(12-10-16)27-21(18-8-5-13-23-15-18)20(25-26-27)22(28)24-14-17-6-3-2-4-7-17/h2-13,15H,14H2,1H3,(H,24,28). The van der Waals surface area contributed by atoms with Gasteiger partial charge in [-0.2, -0.15) is 0 Å². The lowest BCUT2D eigenvalue weighted by molar-refractivity contribution is 0.0946. The molecule has 1 amide bonds. The average Bonchev–Trinajstić information content (AvgIpc) is 3.19. The van der Waals surface area contributed by atoms with Gasteiger partial charge in [0.1, 0.15) is 5.69 Å². The minimum absolute atomic E-state index is 0.268. The average molecular weight is 369 g/mol.